The second-order valence-electron chi connectivity index (χ2n) is 8.64. The van der Waals surface area contributed by atoms with Crippen molar-refractivity contribution in [2.75, 3.05) is 0 Å². The highest BCUT2D eigenvalue weighted by atomic mass is 79.9. The molecule has 0 aliphatic heterocycles. The fraction of sp³-hybridized carbons (Fsp3) is 0.333. The van der Waals surface area contributed by atoms with Crippen LogP contribution >= 0.6 is 15.9 Å². The quantitative estimate of drug-likeness (QED) is 0.495. The van der Waals surface area contributed by atoms with Gasteiger partial charge in [0.25, 0.3) is 0 Å². The molecule has 0 unspecified atom stereocenters. The molecule has 0 bridgehead atoms. The van der Waals surface area contributed by atoms with Gasteiger partial charge in [-0.05, 0) is 44.1 Å². The van der Waals surface area contributed by atoms with E-state index in [1.165, 1.54) is 11.7 Å². The molecule has 0 aliphatic rings. The third-order valence-electron chi connectivity index (χ3n) is 4.91. The third kappa shape index (κ3) is 3.77. The molecule has 2 aromatic carbocycles. The van der Waals surface area contributed by atoms with Crippen LogP contribution in [0.15, 0.2) is 50.5 Å². The number of fused-ring (bicyclic) bond motifs is 1. The Labute approximate surface area is 181 Å². The van der Waals surface area contributed by atoms with Gasteiger partial charge < -0.3 is 0 Å². The second kappa shape index (κ2) is 7.39. The van der Waals surface area contributed by atoms with E-state index in [0.29, 0.717) is 6.54 Å². The summed E-state index contributed by atoms with van der Waals surface area (Å²) in [4.78, 5) is 23.6. The zero-order valence-corrected chi connectivity index (χ0v) is 18.9. The fourth-order valence-corrected chi connectivity index (χ4v) is 4.02. The lowest BCUT2D eigenvalue weighted by molar-refractivity contribution is 0.327. The summed E-state index contributed by atoms with van der Waals surface area (Å²) < 4.78 is 5.18. The number of H-pyrrole nitrogens is 1. The van der Waals surface area contributed by atoms with Gasteiger partial charge >= 0.3 is 11.4 Å². The van der Waals surface area contributed by atoms with E-state index in [4.69, 9.17) is 0 Å². The molecule has 0 fully saturated rings. The molecular weight excluding hydrogens is 448 g/mol. The van der Waals surface area contributed by atoms with Crippen LogP contribution in [0.25, 0.3) is 22.2 Å². The van der Waals surface area contributed by atoms with Crippen LogP contribution in [0.1, 0.15) is 26.3 Å². The van der Waals surface area contributed by atoms with Crippen molar-refractivity contribution in [3.05, 3.63) is 67.4 Å². The molecule has 30 heavy (non-hydrogen) atoms. The summed E-state index contributed by atoms with van der Waals surface area (Å²) in [7, 11) is 1.45. The van der Waals surface area contributed by atoms with Crippen molar-refractivity contribution < 1.29 is 0 Å². The average molecular weight is 471 g/mol. The summed E-state index contributed by atoms with van der Waals surface area (Å²) in [5, 5.41) is 11.2. The van der Waals surface area contributed by atoms with Gasteiger partial charge in [-0.3, -0.25) is 0 Å². The zero-order valence-electron chi connectivity index (χ0n) is 17.3. The molecule has 0 spiro atoms. The summed E-state index contributed by atoms with van der Waals surface area (Å²) in [6.45, 7) is 7.60. The molecule has 156 valence electrons. The van der Waals surface area contributed by atoms with Gasteiger partial charge in [0.15, 0.2) is 0 Å². The van der Waals surface area contributed by atoms with Crippen LogP contribution in [0.3, 0.4) is 0 Å². The Morgan fingerprint density at radius 2 is 1.77 bits per heavy atom. The van der Waals surface area contributed by atoms with Gasteiger partial charge in [-0.25, -0.2) is 28.6 Å². The summed E-state index contributed by atoms with van der Waals surface area (Å²) in [6, 6.07) is 12.0. The highest BCUT2D eigenvalue weighted by molar-refractivity contribution is 9.10. The molecule has 0 amide bonds. The van der Waals surface area contributed by atoms with Crippen LogP contribution < -0.4 is 11.4 Å². The van der Waals surface area contributed by atoms with Crippen LogP contribution in [0.4, 0.5) is 0 Å². The maximum absolute atomic E-state index is 12.0. The Balaban J connectivity index is 1.64. The van der Waals surface area contributed by atoms with Crippen molar-refractivity contribution in [1.82, 2.24) is 29.3 Å². The van der Waals surface area contributed by atoms with Gasteiger partial charge in [-0.15, -0.1) is 5.10 Å². The van der Waals surface area contributed by atoms with E-state index in [1.54, 1.807) is 0 Å². The summed E-state index contributed by atoms with van der Waals surface area (Å²) in [5.41, 5.74) is 4.08. The lowest BCUT2D eigenvalue weighted by atomic mass is 9.97. The van der Waals surface area contributed by atoms with Gasteiger partial charge in [0, 0.05) is 13.6 Å². The SMILES string of the molecule is Cn1c(=O)[nH]n(Cc2ccc(-c3ccc4c(nnn4CC(C)(C)C)c3Br)cc2)c1=O. The van der Waals surface area contributed by atoms with E-state index in [9.17, 15) is 9.59 Å². The lowest BCUT2D eigenvalue weighted by Crippen LogP contribution is -2.26. The molecule has 4 aromatic rings. The van der Waals surface area contributed by atoms with E-state index < -0.39 is 5.69 Å². The van der Waals surface area contributed by atoms with Gasteiger partial charge in [0.2, 0.25) is 0 Å². The minimum absolute atomic E-state index is 0.104. The minimum atomic E-state index is -0.423. The Hall–Kier alpha value is -2.94. The number of halogens is 1. The maximum atomic E-state index is 12.0. The summed E-state index contributed by atoms with van der Waals surface area (Å²) >= 11 is 3.70. The predicted octanol–water partition coefficient (Wildman–Crippen LogP) is 3.14. The topological polar surface area (TPSA) is 90.5 Å². The predicted molar refractivity (Wildman–Crippen MR) is 120 cm³/mol. The Kier molecular flexibility index (Phi) is 5.01. The van der Waals surface area contributed by atoms with Gasteiger partial charge in [-0.2, -0.15) is 0 Å². The normalized spacial score (nSPS) is 12.0. The number of nitrogens with zero attached hydrogens (tertiary/aromatic N) is 5. The van der Waals surface area contributed by atoms with Gasteiger partial charge in [0.1, 0.15) is 5.52 Å². The molecule has 0 radical (unpaired) electrons. The molecule has 1 N–H and O–H groups in total. The second-order valence-corrected chi connectivity index (χ2v) is 9.44. The van der Waals surface area contributed by atoms with Crippen molar-refractivity contribution >= 4 is 27.0 Å². The monoisotopic (exact) mass is 470 g/mol. The molecule has 2 aromatic heterocycles. The number of aromatic nitrogens is 6. The Bertz CT molecular complexity index is 1340. The molecule has 0 saturated heterocycles. The number of rotatable bonds is 4. The van der Waals surface area contributed by atoms with Crippen molar-refractivity contribution in [2.45, 2.75) is 33.9 Å². The largest absolute Gasteiger partial charge is 0.346 e. The molecule has 2 heterocycles. The summed E-state index contributed by atoms with van der Waals surface area (Å²) in [5.74, 6) is 0. The van der Waals surface area contributed by atoms with E-state index in [2.05, 4.69) is 58.2 Å². The van der Waals surface area contributed by atoms with Crippen molar-refractivity contribution in [2.24, 2.45) is 12.5 Å². The molecule has 9 heteroatoms. The lowest BCUT2D eigenvalue weighted by Gasteiger charge is -2.18. The molecular formula is C21H23BrN6O2. The number of nitrogens with one attached hydrogen (secondary N) is 1. The van der Waals surface area contributed by atoms with E-state index >= 15 is 0 Å². The van der Waals surface area contributed by atoms with E-state index in [0.717, 1.165) is 43.3 Å². The zero-order chi connectivity index (χ0) is 21.6. The molecule has 0 saturated carbocycles. The third-order valence-corrected chi connectivity index (χ3v) is 5.71. The highest BCUT2D eigenvalue weighted by Crippen LogP contribution is 2.34. The fourth-order valence-electron chi connectivity index (χ4n) is 3.38. The molecule has 0 atom stereocenters. The first-order valence-corrected chi connectivity index (χ1v) is 10.4. The molecule has 8 nitrogen and oxygen atoms in total. The molecule has 4 rings (SSSR count). The number of benzene rings is 2. The van der Waals surface area contributed by atoms with Crippen LogP contribution in [0.2, 0.25) is 0 Å². The summed E-state index contributed by atoms with van der Waals surface area (Å²) in [6.07, 6.45) is 0. The van der Waals surface area contributed by atoms with E-state index in [1.807, 2.05) is 35.0 Å². The number of aromatic amines is 1. The minimum Gasteiger partial charge on any atom is -0.246 e. The first-order chi connectivity index (χ1) is 14.1. The van der Waals surface area contributed by atoms with Gasteiger partial charge in [0.05, 0.1) is 16.5 Å². The number of hydrogen-bond donors (Lipinski definition) is 1. The Morgan fingerprint density at radius 1 is 1.07 bits per heavy atom. The van der Waals surface area contributed by atoms with Crippen molar-refractivity contribution in [3.8, 4) is 11.1 Å². The van der Waals surface area contributed by atoms with Crippen LogP contribution in [0, 0.1) is 5.41 Å². The standard InChI is InChI=1S/C21H23BrN6O2/c1-21(2,3)12-28-16-10-9-15(17(22)18(16)23-25-28)14-7-5-13(6-8-14)11-27-20(30)26(4)19(29)24-27/h5-10H,11-12H2,1-4H3,(H,24,29). The van der Waals surface area contributed by atoms with Crippen LogP contribution in [-0.4, -0.2) is 29.3 Å². The van der Waals surface area contributed by atoms with Crippen molar-refractivity contribution in [3.63, 3.8) is 0 Å². The van der Waals surface area contributed by atoms with Crippen LogP contribution in [-0.2, 0) is 20.1 Å². The Morgan fingerprint density at radius 3 is 2.37 bits per heavy atom. The van der Waals surface area contributed by atoms with Crippen LogP contribution in [0.5, 0.6) is 0 Å². The highest BCUT2D eigenvalue weighted by Gasteiger charge is 2.17. The average Bonchev–Trinajstić information content (AvgIpc) is 3.19. The van der Waals surface area contributed by atoms with E-state index in [-0.39, 0.29) is 11.1 Å². The van der Waals surface area contributed by atoms with Crippen molar-refractivity contribution in [1.29, 1.82) is 0 Å². The number of hydrogen-bond acceptors (Lipinski definition) is 4. The smallest absolute Gasteiger partial charge is 0.246 e. The first kappa shape index (κ1) is 20.3. The molecule has 0 aliphatic carbocycles. The van der Waals surface area contributed by atoms with Gasteiger partial charge in [-0.1, -0.05) is 56.3 Å². The maximum Gasteiger partial charge on any atom is 0.346 e. The first-order valence-electron chi connectivity index (χ1n) is 9.61.